The van der Waals surface area contributed by atoms with Crippen LogP contribution in [0.1, 0.15) is 25.5 Å². The molecule has 19 heavy (non-hydrogen) atoms. The molecule has 2 heterocycles. The van der Waals surface area contributed by atoms with E-state index in [0.717, 1.165) is 25.9 Å². The third-order valence-electron chi connectivity index (χ3n) is 3.64. The molecular formula is C12H21N5O2. The highest BCUT2D eigenvalue weighted by Crippen LogP contribution is 2.35. The van der Waals surface area contributed by atoms with Gasteiger partial charge in [0.1, 0.15) is 5.69 Å². The molecule has 7 nitrogen and oxygen atoms in total. The van der Waals surface area contributed by atoms with Crippen LogP contribution in [0.2, 0.25) is 0 Å². The molecule has 0 spiro atoms. The van der Waals surface area contributed by atoms with Crippen LogP contribution in [-0.4, -0.2) is 40.9 Å². The Labute approximate surface area is 112 Å². The molecular weight excluding hydrogens is 246 g/mol. The van der Waals surface area contributed by atoms with Crippen LogP contribution < -0.4 is 10.2 Å². The Balaban J connectivity index is 2.44. The third kappa shape index (κ3) is 2.42. The molecule has 0 aromatic carbocycles. The summed E-state index contributed by atoms with van der Waals surface area (Å²) in [6, 6.07) is 0.310. The third-order valence-corrected chi connectivity index (χ3v) is 3.64. The summed E-state index contributed by atoms with van der Waals surface area (Å²) in [5, 5.41) is 18.8. The van der Waals surface area contributed by atoms with Gasteiger partial charge in [-0.15, -0.1) is 0 Å². The number of aromatic nitrogens is 2. The van der Waals surface area contributed by atoms with Gasteiger partial charge in [0.15, 0.2) is 0 Å². The Hall–Kier alpha value is -1.63. The molecule has 0 aliphatic carbocycles. The minimum absolute atomic E-state index is 0.157. The summed E-state index contributed by atoms with van der Waals surface area (Å²) in [6.45, 7) is 6.01. The Kier molecular flexibility index (Phi) is 4.04. The van der Waals surface area contributed by atoms with Gasteiger partial charge in [-0.05, 0) is 33.7 Å². The van der Waals surface area contributed by atoms with E-state index >= 15 is 0 Å². The van der Waals surface area contributed by atoms with Gasteiger partial charge in [-0.1, -0.05) is 0 Å². The molecule has 106 valence electrons. The van der Waals surface area contributed by atoms with Crippen molar-refractivity contribution in [1.82, 2.24) is 15.1 Å². The predicted molar refractivity (Wildman–Crippen MR) is 73.6 cm³/mol. The van der Waals surface area contributed by atoms with Crippen LogP contribution >= 0.6 is 0 Å². The van der Waals surface area contributed by atoms with Crippen molar-refractivity contribution >= 4 is 11.5 Å². The zero-order valence-corrected chi connectivity index (χ0v) is 11.7. The van der Waals surface area contributed by atoms with Crippen molar-refractivity contribution in [3.63, 3.8) is 0 Å². The van der Waals surface area contributed by atoms with Gasteiger partial charge < -0.3 is 10.2 Å². The summed E-state index contributed by atoms with van der Waals surface area (Å²) < 4.78 is 1.75. The highest BCUT2D eigenvalue weighted by molar-refractivity contribution is 5.62. The zero-order valence-electron chi connectivity index (χ0n) is 11.7. The maximum absolute atomic E-state index is 11.3. The first-order chi connectivity index (χ1) is 9.10. The minimum Gasteiger partial charge on any atom is -0.347 e. The predicted octanol–water partition coefficient (Wildman–Crippen LogP) is 1.31. The van der Waals surface area contributed by atoms with E-state index in [1.54, 1.807) is 11.6 Å². The number of hydrogen-bond donors (Lipinski definition) is 1. The first-order valence-corrected chi connectivity index (χ1v) is 6.73. The van der Waals surface area contributed by atoms with Crippen molar-refractivity contribution in [2.45, 2.75) is 39.3 Å². The van der Waals surface area contributed by atoms with Crippen molar-refractivity contribution < 1.29 is 4.92 Å². The second-order valence-electron chi connectivity index (χ2n) is 4.88. The van der Waals surface area contributed by atoms with Crippen molar-refractivity contribution in [3.8, 4) is 0 Å². The van der Waals surface area contributed by atoms with Crippen LogP contribution in [0.4, 0.5) is 11.5 Å². The van der Waals surface area contributed by atoms with Gasteiger partial charge in [-0.25, -0.2) is 4.68 Å². The fourth-order valence-electron chi connectivity index (χ4n) is 2.84. The summed E-state index contributed by atoms with van der Waals surface area (Å²) in [6.07, 6.45) is 2.13. The quantitative estimate of drug-likeness (QED) is 0.643. The molecule has 1 atom stereocenters. The number of rotatable bonds is 5. The highest BCUT2D eigenvalue weighted by atomic mass is 16.6. The normalized spacial score (nSPS) is 19.1. The number of anilines is 1. The lowest BCUT2D eigenvalue weighted by Crippen LogP contribution is -2.38. The van der Waals surface area contributed by atoms with Crippen molar-refractivity contribution in [3.05, 3.63) is 15.8 Å². The number of hydrogen-bond acceptors (Lipinski definition) is 5. The van der Waals surface area contributed by atoms with Gasteiger partial charge in [0.05, 0.1) is 4.92 Å². The highest BCUT2D eigenvalue weighted by Gasteiger charge is 2.34. The van der Waals surface area contributed by atoms with Crippen LogP contribution in [0.5, 0.6) is 0 Å². The molecule has 1 aromatic heterocycles. The van der Waals surface area contributed by atoms with E-state index < -0.39 is 0 Å². The van der Waals surface area contributed by atoms with Crippen molar-refractivity contribution in [2.24, 2.45) is 0 Å². The fraction of sp³-hybridized carbons (Fsp3) is 0.750. The summed E-state index contributed by atoms with van der Waals surface area (Å²) in [5.74, 6) is 0.669. The molecule has 1 unspecified atom stereocenters. The molecule has 1 saturated heterocycles. The Bertz CT molecular complexity index is 471. The molecule has 0 radical (unpaired) electrons. The van der Waals surface area contributed by atoms with E-state index in [4.69, 9.17) is 0 Å². The number of likely N-dealkylation sites (N-methyl/N-ethyl adjacent to an activating group) is 1. The van der Waals surface area contributed by atoms with Gasteiger partial charge in [0.2, 0.25) is 5.82 Å². The van der Waals surface area contributed by atoms with Gasteiger partial charge in [-0.3, -0.25) is 10.1 Å². The fourth-order valence-corrected chi connectivity index (χ4v) is 2.84. The lowest BCUT2D eigenvalue weighted by Gasteiger charge is -2.26. The van der Waals surface area contributed by atoms with Crippen molar-refractivity contribution in [2.75, 3.05) is 25.0 Å². The summed E-state index contributed by atoms with van der Waals surface area (Å²) in [7, 11) is 1.91. The van der Waals surface area contributed by atoms with Gasteiger partial charge in [-0.2, -0.15) is 5.10 Å². The average molecular weight is 267 g/mol. The second-order valence-corrected chi connectivity index (χ2v) is 4.88. The molecule has 2 rings (SSSR count). The van der Waals surface area contributed by atoms with Gasteiger partial charge in [0.25, 0.3) is 0 Å². The summed E-state index contributed by atoms with van der Waals surface area (Å²) in [4.78, 5) is 13.1. The summed E-state index contributed by atoms with van der Waals surface area (Å²) >= 11 is 0. The van der Waals surface area contributed by atoms with E-state index in [-0.39, 0.29) is 10.6 Å². The van der Waals surface area contributed by atoms with Crippen LogP contribution in [0.25, 0.3) is 0 Å². The number of nitrogens with one attached hydrogen (secondary N) is 1. The maximum Gasteiger partial charge on any atom is 0.333 e. The van der Waals surface area contributed by atoms with E-state index in [2.05, 4.69) is 15.3 Å². The number of nitro groups is 1. The Morgan fingerprint density at radius 1 is 1.58 bits per heavy atom. The number of nitrogens with zero attached hydrogens (tertiary/aromatic N) is 4. The SMILES string of the molecule is CCn1nc(C)c([N+](=O)[O-])c1N1CCCC1CNC. The molecule has 1 fully saturated rings. The first kappa shape index (κ1) is 13.8. The summed E-state index contributed by atoms with van der Waals surface area (Å²) in [5.41, 5.74) is 0.654. The molecule has 1 aromatic rings. The lowest BCUT2D eigenvalue weighted by molar-refractivity contribution is -0.384. The van der Waals surface area contributed by atoms with Gasteiger partial charge in [0, 0.05) is 25.7 Å². The van der Waals surface area contributed by atoms with E-state index in [1.165, 1.54) is 0 Å². The largest absolute Gasteiger partial charge is 0.347 e. The van der Waals surface area contributed by atoms with E-state index in [1.807, 2.05) is 14.0 Å². The molecule has 0 amide bonds. The molecule has 7 heteroatoms. The standard InChI is InChI=1S/C12H21N5O2/c1-4-16-12(11(17(18)19)9(2)14-16)15-7-5-6-10(15)8-13-3/h10,13H,4-8H2,1-3H3. The van der Waals surface area contributed by atoms with Crippen molar-refractivity contribution in [1.29, 1.82) is 0 Å². The Morgan fingerprint density at radius 3 is 2.89 bits per heavy atom. The molecule has 0 bridgehead atoms. The van der Waals surface area contributed by atoms with Crippen LogP contribution in [0.15, 0.2) is 0 Å². The minimum atomic E-state index is -0.307. The average Bonchev–Trinajstić information content (AvgIpc) is 2.93. The molecule has 0 saturated carbocycles. The smallest absolute Gasteiger partial charge is 0.333 e. The molecule has 1 N–H and O–H groups in total. The Morgan fingerprint density at radius 2 is 2.32 bits per heavy atom. The molecule has 1 aliphatic rings. The monoisotopic (exact) mass is 267 g/mol. The maximum atomic E-state index is 11.3. The van der Waals surface area contributed by atoms with Gasteiger partial charge >= 0.3 is 5.69 Å². The topological polar surface area (TPSA) is 76.2 Å². The zero-order chi connectivity index (χ0) is 14.0. The molecule has 1 aliphatic heterocycles. The first-order valence-electron chi connectivity index (χ1n) is 6.73. The second kappa shape index (κ2) is 5.56. The lowest BCUT2D eigenvalue weighted by atomic mass is 10.2. The van der Waals surface area contributed by atoms with Crippen LogP contribution in [0.3, 0.4) is 0 Å². The van der Waals surface area contributed by atoms with Crippen LogP contribution in [0, 0.1) is 17.0 Å². The number of aryl methyl sites for hydroxylation is 2. The van der Waals surface area contributed by atoms with Crippen LogP contribution in [-0.2, 0) is 6.54 Å². The van der Waals surface area contributed by atoms with E-state index in [0.29, 0.717) is 24.1 Å². The van der Waals surface area contributed by atoms with E-state index in [9.17, 15) is 10.1 Å².